The number of hydrogen-bond donors (Lipinski definition) is 3. The van der Waals surface area contributed by atoms with E-state index in [1.54, 1.807) is 31.4 Å². The number of thioether (sulfide) groups is 1. The number of aromatic nitrogens is 3. The number of ether oxygens (including phenoxy) is 1. The van der Waals surface area contributed by atoms with Crippen molar-refractivity contribution in [2.75, 3.05) is 29.4 Å². The minimum Gasteiger partial charge on any atom is -0.497 e. The van der Waals surface area contributed by atoms with Crippen molar-refractivity contribution in [3.05, 3.63) is 66.2 Å². The highest BCUT2D eigenvalue weighted by Crippen LogP contribution is 2.18. The maximum atomic E-state index is 12.2. The number of carbonyl (C=O) groups excluding carboxylic acids is 1. The topological polar surface area (TPSA) is 119 Å². The van der Waals surface area contributed by atoms with Crippen molar-refractivity contribution >= 4 is 41.1 Å². The van der Waals surface area contributed by atoms with E-state index in [1.165, 1.54) is 16.4 Å². The molecule has 0 bridgehead atoms. The van der Waals surface area contributed by atoms with Gasteiger partial charge in [0.25, 0.3) is 5.95 Å². The number of methoxy groups -OCH3 is 1. The van der Waals surface area contributed by atoms with Crippen molar-refractivity contribution in [3.63, 3.8) is 0 Å². The molecular weight excluding hydrogens is 414 g/mol. The molecule has 0 spiro atoms. The summed E-state index contributed by atoms with van der Waals surface area (Å²) in [7, 11) is 1.59. The molecule has 0 aliphatic heterocycles. The molecule has 10 heteroatoms. The first kappa shape index (κ1) is 21.9. The van der Waals surface area contributed by atoms with E-state index in [0.717, 1.165) is 17.0 Å². The molecule has 0 radical (unpaired) electrons. The van der Waals surface area contributed by atoms with Crippen LogP contribution in [0.2, 0.25) is 0 Å². The monoisotopic (exact) mass is 437 g/mol. The number of nitrogens with zero attached hydrogens (tertiary/aromatic N) is 4. The van der Waals surface area contributed by atoms with Gasteiger partial charge in [0.1, 0.15) is 5.75 Å². The summed E-state index contributed by atoms with van der Waals surface area (Å²) in [5.41, 5.74) is 5.27. The van der Waals surface area contributed by atoms with Gasteiger partial charge in [-0.3, -0.25) is 4.79 Å². The molecule has 31 heavy (non-hydrogen) atoms. The maximum absolute atomic E-state index is 12.2. The Kier molecular flexibility index (Phi) is 7.66. The van der Waals surface area contributed by atoms with Crippen LogP contribution < -0.4 is 21.3 Å². The summed E-state index contributed by atoms with van der Waals surface area (Å²) in [5, 5.41) is 15.4. The SMILES string of the molecule is COc1ccc(NC(=O)CSc2nnc(N/N=C(C)/C=C/c3ccccc3)n2N)cc1. The largest absolute Gasteiger partial charge is 0.497 e. The molecule has 2 aromatic carbocycles. The molecule has 3 aromatic rings. The van der Waals surface area contributed by atoms with Gasteiger partial charge in [0.2, 0.25) is 11.1 Å². The number of amides is 1. The highest BCUT2D eigenvalue weighted by molar-refractivity contribution is 7.99. The van der Waals surface area contributed by atoms with Crippen LogP contribution in [-0.2, 0) is 4.79 Å². The van der Waals surface area contributed by atoms with E-state index in [-0.39, 0.29) is 17.6 Å². The Balaban J connectivity index is 1.51. The molecule has 0 saturated heterocycles. The highest BCUT2D eigenvalue weighted by Gasteiger charge is 2.12. The van der Waals surface area contributed by atoms with E-state index in [0.29, 0.717) is 10.8 Å². The van der Waals surface area contributed by atoms with Gasteiger partial charge in [0.15, 0.2) is 0 Å². The van der Waals surface area contributed by atoms with Gasteiger partial charge >= 0.3 is 0 Å². The molecule has 1 amide bonds. The second-order valence-electron chi connectivity index (χ2n) is 6.35. The Morgan fingerprint density at radius 3 is 2.65 bits per heavy atom. The van der Waals surface area contributed by atoms with Gasteiger partial charge in [0.05, 0.1) is 18.6 Å². The Hall–Kier alpha value is -3.79. The number of nitrogens with two attached hydrogens (primary N) is 1. The molecule has 0 atom stereocenters. The molecule has 0 unspecified atom stereocenters. The summed E-state index contributed by atoms with van der Waals surface area (Å²) in [6, 6.07) is 17.0. The summed E-state index contributed by atoms with van der Waals surface area (Å²) in [6.45, 7) is 1.85. The van der Waals surface area contributed by atoms with Gasteiger partial charge in [0, 0.05) is 5.69 Å². The molecule has 9 nitrogen and oxygen atoms in total. The molecule has 1 aromatic heterocycles. The summed E-state index contributed by atoms with van der Waals surface area (Å²) >= 11 is 1.17. The lowest BCUT2D eigenvalue weighted by Crippen LogP contribution is -2.17. The van der Waals surface area contributed by atoms with Crippen LogP contribution in [0.25, 0.3) is 6.08 Å². The van der Waals surface area contributed by atoms with Gasteiger partial charge in [-0.05, 0) is 42.8 Å². The molecule has 1 heterocycles. The lowest BCUT2D eigenvalue weighted by molar-refractivity contribution is -0.113. The van der Waals surface area contributed by atoms with E-state index in [9.17, 15) is 4.79 Å². The fraction of sp³-hybridized carbons (Fsp3) is 0.143. The first-order valence-electron chi connectivity index (χ1n) is 9.36. The van der Waals surface area contributed by atoms with E-state index < -0.39 is 0 Å². The van der Waals surface area contributed by atoms with E-state index in [4.69, 9.17) is 10.6 Å². The van der Waals surface area contributed by atoms with Crippen LogP contribution in [0.5, 0.6) is 5.75 Å². The normalized spacial score (nSPS) is 11.5. The summed E-state index contributed by atoms with van der Waals surface area (Å²) < 4.78 is 6.35. The first-order chi connectivity index (χ1) is 15.0. The number of carbonyl (C=O) groups is 1. The highest BCUT2D eigenvalue weighted by atomic mass is 32.2. The average Bonchev–Trinajstić information content (AvgIpc) is 3.15. The number of benzene rings is 2. The first-order valence-corrected chi connectivity index (χ1v) is 10.3. The van der Waals surface area contributed by atoms with E-state index in [1.807, 2.05) is 49.4 Å². The van der Waals surface area contributed by atoms with Crippen LogP contribution in [0.1, 0.15) is 12.5 Å². The molecular formula is C21H23N7O2S. The zero-order valence-corrected chi connectivity index (χ0v) is 18.0. The number of hydrogen-bond acceptors (Lipinski definition) is 8. The number of nitrogen functional groups attached to an aromatic ring is 1. The predicted molar refractivity (Wildman–Crippen MR) is 125 cm³/mol. The number of anilines is 2. The zero-order chi connectivity index (χ0) is 22.1. The molecule has 0 saturated carbocycles. The zero-order valence-electron chi connectivity index (χ0n) is 17.1. The standard InChI is InChI=1S/C21H23N7O2S/c1-15(8-9-16-6-4-3-5-7-16)24-25-20-26-27-21(28(20)22)31-14-19(29)23-17-10-12-18(30-2)13-11-17/h3-13H,14,22H2,1-2H3,(H,23,29)(H,25,26)/b9-8+,24-15+. The van der Waals surface area contributed by atoms with Crippen molar-refractivity contribution in [1.82, 2.24) is 14.9 Å². The fourth-order valence-electron chi connectivity index (χ4n) is 2.41. The molecule has 0 aliphatic rings. The second kappa shape index (κ2) is 10.8. The quantitative estimate of drug-likeness (QED) is 0.203. The van der Waals surface area contributed by atoms with Gasteiger partial charge in [-0.15, -0.1) is 10.2 Å². The second-order valence-corrected chi connectivity index (χ2v) is 7.29. The molecule has 4 N–H and O–H groups in total. The Morgan fingerprint density at radius 2 is 1.94 bits per heavy atom. The van der Waals surface area contributed by atoms with Crippen molar-refractivity contribution in [1.29, 1.82) is 0 Å². The third-order valence-electron chi connectivity index (χ3n) is 4.02. The summed E-state index contributed by atoms with van der Waals surface area (Å²) in [6.07, 6.45) is 3.83. The van der Waals surface area contributed by atoms with Crippen LogP contribution in [-0.4, -0.2) is 39.4 Å². The summed E-state index contributed by atoms with van der Waals surface area (Å²) in [4.78, 5) is 12.2. The molecule has 0 aliphatic carbocycles. The number of hydrazone groups is 1. The minimum absolute atomic E-state index is 0.128. The number of rotatable bonds is 9. The smallest absolute Gasteiger partial charge is 0.264 e. The Labute approximate surface area is 184 Å². The van der Waals surface area contributed by atoms with Crippen LogP contribution in [0, 0.1) is 0 Å². The average molecular weight is 438 g/mol. The number of nitrogens with one attached hydrogen (secondary N) is 2. The molecule has 0 fully saturated rings. The van der Waals surface area contributed by atoms with Gasteiger partial charge in [-0.1, -0.05) is 48.2 Å². The fourth-order valence-corrected chi connectivity index (χ4v) is 3.07. The van der Waals surface area contributed by atoms with Crippen LogP contribution in [0.15, 0.2) is 70.9 Å². The van der Waals surface area contributed by atoms with E-state index in [2.05, 4.69) is 26.0 Å². The third kappa shape index (κ3) is 6.61. The van der Waals surface area contributed by atoms with Crippen LogP contribution in [0.3, 0.4) is 0 Å². The lowest BCUT2D eigenvalue weighted by atomic mass is 10.2. The maximum Gasteiger partial charge on any atom is 0.264 e. The lowest BCUT2D eigenvalue weighted by Gasteiger charge is -2.06. The van der Waals surface area contributed by atoms with E-state index >= 15 is 0 Å². The van der Waals surface area contributed by atoms with Crippen molar-refractivity contribution < 1.29 is 9.53 Å². The summed E-state index contributed by atoms with van der Waals surface area (Å²) in [5.74, 6) is 6.93. The van der Waals surface area contributed by atoms with Crippen molar-refractivity contribution in [2.24, 2.45) is 5.10 Å². The Bertz CT molecular complexity index is 1060. The number of allylic oxidation sites excluding steroid dienone is 1. The molecule has 160 valence electrons. The molecule has 3 rings (SSSR count). The third-order valence-corrected chi connectivity index (χ3v) is 4.96. The van der Waals surface area contributed by atoms with Gasteiger partial charge in [-0.2, -0.15) is 5.10 Å². The predicted octanol–water partition coefficient (Wildman–Crippen LogP) is 3.23. The Morgan fingerprint density at radius 1 is 1.19 bits per heavy atom. The van der Waals surface area contributed by atoms with Crippen LogP contribution in [0.4, 0.5) is 11.6 Å². The van der Waals surface area contributed by atoms with Crippen molar-refractivity contribution in [3.8, 4) is 5.75 Å². The van der Waals surface area contributed by atoms with Crippen molar-refractivity contribution in [2.45, 2.75) is 12.1 Å². The van der Waals surface area contributed by atoms with Gasteiger partial charge in [-0.25, -0.2) is 10.1 Å². The van der Waals surface area contributed by atoms with Gasteiger partial charge < -0.3 is 15.9 Å². The minimum atomic E-state index is -0.187. The van der Waals surface area contributed by atoms with Crippen LogP contribution >= 0.6 is 11.8 Å².